The Balaban J connectivity index is 4.15. The van der Waals surface area contributed by atoms with E-state index in [4.69, 9.17) is 14.2 Å². The SMILES string of the molecule is CCCCCCCCCCCCCCCCCCCCCCCCC(=O)OCC(COC(=O)CCCCCCCCCCC)OC(=O)CCCCCCCCCCCCCCCCCCCC. The first-order chi connectivity index (χ1) is 33.0. The quantitative estimate of drug-likeness (QED) is 0.0343. The second kappa shape index (κ2) is 57.0. The molecule has 67 heavy (non-hydrogen) atoms. The fraction of sp³-hybridized carbons (Fsp3) is 0.951. The van der Waals surface area contributed by atoms with Crippen LogP contribution in [0.15, 0.2) is 0 Å². The van der Waals surface area contributed by atoms with Gasteiger partial charge in [-0.25, -0.2) is 0 Å². The fourth-order valence-corrected chi connectivity index (χ4v) is 9.51. The van der Waals surface area contributed by atoms with Gasteiger partial charge in [0.1, 0.15) is 13.2 Å². The topological polar surface area (TPSA) is 78.9 Å². The normalized spacial score (nSPS) is 11.9. The maximum atomic E-state index is 12.8. The summed E-state index contributed by atoms with van der Waals surface area (Å²) in [6.45, 7) is 6.70. The molecule has 6 heteroatoms. The molecule has 1 unspecified atom stereocenters. The van der Waals surface area contributed by atoms with Crippen molar-refractivity contribution in [3.8, 4) is 0 Å². The van der Waals surface area contributed by atoms with Crippen LogP contribution < -0.4 is 0 Å². The van der Waals surface area contributed by atoms with E-state index in [1.165, 1.54) is 257 Å². The first-order valence-electron chi connectivity index (χ1n) is 30.5. The standard InChI is InChI=1S/C61H118O6/c1-4-7-10-13-16-19-21-23-25-27-29-30-31-32-34-35-37-39-42-45-48-51-54-60(63)66-57-58(56-65-59(62)53-50-47-44-41-18-15-12-9-6-3)67-61(64)55-52-49-46-43-40-38-36-33-28-26-24-22-20-17-14-11-8-5-2/h58H,4-57H2,1-3H3. The van der Waals surface area contributed by atoms with Gasteiger partial charge in [-0.1, -0.05) is 316 Å². The Morgan fingerprint density at radius 2 is 0.403 bits per heavy atom. The Bertz CT molecular complexity index is 998. The van der Waals surface area contributed by atoms with Gasteiger partial charge in [0.2, 0.25) is 0 Å². The molecule has 0 bridgehead atoms. The summed E-state index contributed by atoms with van der Waals surface area (Å²) in [6, 6.07) is 0. The number of carbonyl (C=O) groups excluding carboxylic acids is 3. The summed E-state index contributed by atoms with van der Waals surface area (Å²) in [5, 5.41) is 0. The van der Waals surface area contributed by atoms with Gasteiger partial charge in [0.15, 0.2) is 6.10 Å². The molecule has 1 atom stereocenters. The van der Waals surface area contributed by atoms with Gasteiger partial charge in [0.05, 0.1) is 0 Å². The molecule has 0 aliphatic heterocycles. The van der Waals surface area contributed by atoms with Gasteiger partial charge in [-0.3, -0.25) is 14.4 Å². The number of ether oxygens (including phenoxy) is 3. The molecule has 0 heterocycles. The maximum Gasteiger partial charge on any atom is 0.306 e. The number of rotatable bonds is 57. The molecule has 0 rings (SSSR count). The smallest absolute Gasteiger partial charge is 0.306 e. The zero-order valence-corrected chi connectivity index (χ0v) is 45.7. The lowest BCUT2D eigenvalue weighted by Gasteiger charge is -2.18. The van der Waals surface area contributed by atoms with Crippen LogP contribution in [0.5, 0.6) is 0 Å². The summed E-state index contributed by atoms with van der Waals surface area (Å²) in [5.41, 5.74) is 0. The molecule has 0 saturated heterocycles. The van der Waals surface area contributed by atoms with E-state index in [2.05, 4.69) is 20.8 Å². The van der Waals surface area contributed by atoms with Crippen molar-refractivity contribution in [2.45, 2.75) is 361 Å². The van der Waals surface area contributed by atoms with E-state index in [0.717, 1.165) is 57.8 Å². The van der Waals surface area contributed by atoms with Crippen molar-refractivity contribution in [1.29, 1.82) is 0 Å². The van der Waals surface area contributed by atoms with Gasteiger partial charge in [-0.2, -0.15) is 0 Å². The summed E-state index contributed by atoms with van der Waals surface area (Å²) in [6.07, 6.45) is 64.0. The summed E-state index contributed by atoms with van der Waals surface area (Å²) < 4.78 is 16.9. The van der Waals surface area contributed by atoms with Crippen LogP contribution in [0.2, 0.25) is 0 Å². The maximum absolute atomic E-state index is 12.8. The van der Waals surface area contributed by atoms with Crippen molar-refractivity contribution < 1.29 is 28.6 Å². The van der Waals surface area contributed by atoms with Crippen LogP contribution in [-0.2, 0) is 28.6 Å². The van der Waals surface area contributed by atoms with Crippen LogP contribution in [-0.4, -0.2) is 37.2 Å². The number of unbranched alkanes of at least 4 members (excludes halogenated alkanes) is 46. The highest BCUT2D eigenvalue weighted by atomic mass is 16.6. The van der Waals surface area contributed by atoms with E-state index in [1.54, 1.807) is 0 Å². The second-order valence-corrected chi connectivity index (χ2v) is 21.0. The number of carbonyl (C=O) groups is 3. The molecule has 0 radical (unpaired) electrons. The van der Waals surface area contributed by atoms with Gasteiger partial charge in [0.25, 0.3) is 0 Å². The van der Waals surface area contributed by atoms with Gasteiger partial charge in [-0.15, -0.1) is 0 Å². The summed E-state index contributed by atoms with van der Waals surface area (Å²) in [7, 11) is 0. The third-order valence-electron chi connectivity index (χ3n) is 14.1. The molecule has 0 saturated carbocycles. The lowest BCUT2D eigenvalue weighted by atomic mass is 10.0. The number of hydrogen-bond donors (Lipinski definition) is 0. The highest BCUT2D eigenvalue weighted by molar-refractivity contribution is 5.71. The van der Waals surface area contributed by atoms with Crippen LogP contribution in [0.4, 0.5) is 0 Å². The summed E-state index contributed by atoms with van der Waals surface area (Å²) in [4.78, 5) is 38.1. The molecule has 0 spiro atoms. The Morgan fingerprint density at radius 1 is 0.239 bits per heavy atom. The molecular formula is C61H118O6. The zero-order valence-electron chi connectivity index (χ0n) is 45.7. The van der Waals surface area contributed by atoms with Crippen molar-refractivity contribution in [1.82, 2.24) is 0 Å². The van der Waals surface area contributed by atoms with Crippen LogP contribution >= 0.6 is 0 Å². The first-order valence-corrected chi connectivity index (χ1v) is 30.5. The first kappa shape index (κ1) is 65.4. The van der Waals surface area contributed by atoms with Crippen LogP contribution in [0, 0.1) is 0 Å². The molecule has 398 valence electrons. The highest BCUT2D eigenvalue weighted by Gasteiger charge is 2.19. The second-order valence-electron chi connectivity index (χ2n) is 21.0. The molecule has 0 amide bonds. The molecule has 0 aromatic carbocycles. The fourth-order valence-electron chi connectivity index (χ4n) is 9.51. The van der Waals surface area contributed by atoms with E-state index in [9.17, 15) is 14.4 Å². The third-order valence-corrected chi connectivity index (χ3v) is 14.1. The lowest BCUT2D eigenvalue weighted by Crippen LogP contribution is -2.30. The largest absolute Gasteiger partial charge is 0.462 e. The van der Waals surface area contributed by atoms with Crippen molar-refractivity contribution >= 4 is 17.9 Å². The third kappa shape index (κ3) is 55.2. The Kier molecular flexibility index (Phi) is 55.6. The van der Waals surface area contributed by atoms with E-state index in [0.29, 0.717) is 19.3 Å². The predicted molar refractivity (Wildman–Crippen MR) is 289 cm³/mol. The van der Waals surface area contributed by atoms with Crippen LogP contribution in [0.3, 0.4) is 0 Å². The summed E-state index contributed by atoms with van der Waals surface area (Å²) >= 11 is 0. The van der Waals surface area contributed by atoms with Crippen molar-refractivity contribution in [2.75, 3.05) is 13.2 Å². The minimum absolute atomic E-state index is 0.0612. The van der Waals surface area contributed by atoms with Crippen LogP contribution in [0.25, 0.3) is 0 Å². The zero-order chi connectivity index (χ0) is 48.6. The minimum atomic E-state index is -0.761. The molecule has 0 aliphatic carbocycles. The highest BCUT2D eigenvalue weighted by Crippen LogP contribution is 2.18. The Hall–Kier alpha value is -1.59. The number of esters is 3. The van der Waals surface area contributed by atoms with E-state index < -0.39 is 6.10 Å². The molecule has 0 aliphatic rings. The molecule has 0 fully saturated rings. The van der Waals surface area contributed by atoms with Crippen molar-refractivity contribution in [3.05, 3.63) is 0 Å². The minimum Gasteiger partial charge on any atom is -0.462 e. The van der Waals surface area contributed by atoms with Gasteiger partial charge >= 0.3 is 17.9 Å². The molecular weight excluding hydrogens is 829 g/mol. The Labute approximate surface area is 418 Å². The number of hydrogen-bond acceptors (Lipinski definition) is 6. The van der Waals surface area contributed by atoms with E-state index >= 15 is 0 Å². The van der Waals surface area contributed by atoms with Crippen molar-refractivity contribution in [3.63, 3.8) is 0 Å². The summed E-state index contributed by atoms with van der Waals surface area (Å²) in [5.74, 6) is -0.834. The Morgan fingerprint density at radius 3 is 0.597 bits per heavy atom. The van der Waals surface area contributed by atoms with Gasteiger partial charge < -0.3 is 14.2 Å². The van der Waals surface area contributed by atoms with E-state index in [1.807, 2.05) is 0 Å². The van der Waals surface area contributed by atoms with E-state index in [-0.39, 0.29) is 31.1 Å². The average molecular weight is 948 g/mol. The predicted octanol–water partition coefficient (Wildman–Crippen LogP) is 20.3. The van der Waals surface area contributed by atoms with Crippen molar-refractivity contribution in [2.24, 2.45) is 0 Å². The monoisotopic (exact) mass is 947 g/mol. The molecule has 0 aromatic heterocycles. The van der Waals surface area contributed by atoms with Gasteiger partial charge in [0, 0.05) is 19.3 Å². The molecule has 6 nitrogen and oxygen atoms in total. The lowest BCUT2D eigenvalue weighted by molar-refractivity contribution is -0.167. The van der Waals surface area contributed by atoms with Gasteiger partial charge in [-0.05, 0) is 19.3 Å². The molecule has 0 N–H and O–H groups in total. The van der Waals surface area contributed by atoms with Crippen LogP contribution in [0.1, 0.15) is 355 Å². The average Bonchev–Trinajstić information content (AvgIpc) is 3.33. The molecule has 0 aromatic rings.